The molecule has 0 aliphatic rings. The molecule has 0 saturated carbocycles. The van der Waals surface area contributed by atoms with Gasteiger partial charge in [-0.2, -0.15) is 18.4 Å². The fourth-order valence-electron chi connectivity index (χ4n) is 1.14. The van der Waals surface area contributed by atoms with Gasteiger partial charge < -0.3 is 20.3 Å². The zero-order chi connectivity index (χ0) is 16.6. The van der Waals surface area contributed by atoms with Crippen LogP contribution in [0, 0.1) is 11.3 Å². The summed E-state index contributed by atoms with van der Waals surface area (Å²) in [7, 11) is 3.10. The maximum Gasteiger partial charge on any atom is 0.490 e. The summed E-state index contributed by atoms with van der Waals surface area (Å²) in [4.78, 5) is 8.90. The molecule has 0 bridgehead atoms. The standard InChI is InChI=1S/C10H12N2O2.C2HF3O2/c1-13-7-3-4-8(9(12)6-11)10(5-7)14-2;3-2(4,5)1(6)7/h3-5,9H,12H2,1-2H3;(H,6,7). The number of nitrogens with zero attached hydrogens (tertiary/aromatic N) is 1. The van der Waals surface area contributed by atoms with Crippen LogP contribution in [0.25, 0.3) is 0 Å². The highest BCUT2D eigenvalue weighted by Gasteiger charge is 2.38. The zero-order valence-electron chi connectivity index (χ0n) is 11.1. The van der Waals surface area contributed by atoms with Crippen LogP contribution in [0.3, 0.4) is 0 Å². The van der Waals surface area contributed by atoms with Crippen molar-refractivity contribution in [2.24, 2.45) is 5.73 Å². The van der Waals surface area contributed by atoms with E-state index < -0.39 is 18.2 Å². The molecule has 21 heavy (non-hydrogen) atoms. The van der Waals surface area contributed by atoms with E-state index in [0.717, 1.165) is 0 Å². The number of alkyl halides is 3. The first-order chi connectivity index (χ1) is 9.67. The van der Waals surface area contributed by atoms with Crippen molar-refractivity contribution in [3.8, 4) is 17.6 Å². The van der Waals surface area contributed by atoms with Gasteiger partial charge in [-0.15, -0.1) is 0 Å². The van der Waals surface area contributed by atoms with Crippen LogP contribution < -0.4 is 15.2 Å². The first kappa shape index (κ1) is 18.5. The smallest absolute Gasteiger partial charge is 0.490 e. The van der Waals surface area contributed by atoms with Gasteiger partial charge in [0.05, 0.1) is 20.3 Å². The van der Waals surface area contributed by atoms with E-state index in [0.29, 0.717) is 17.1 Å². The largest absolute Gasteiger partial charge is 0.497 e. The minimum atomic E-state index is -5.08. The van der Waals surface area contributed by atoms with E-state index in [1.807, 2.05) is 6.07 Å². The number of ether oxygens (including phenoxy) is 2. The van der Waals surface area contributed by atoms with Crippen LogP contribution in [0.1, 0.15) is 11.6 Å². The number of benzene rings is 1. The van der Waals surface area contributed by atoms with E-state index in [1.165, 1.54) is 7.11 Å². The summed E-state index contributed by atoms with van der Waals surface area (Å²) in [6.45, 7) is 0. The van der Waals surface area contributed by atoms with Gasteiger partial charge in [-0.25, -0.2) is 4.79 Å². The molecule has 0 heterocycles. The van der Waals surface area contributed by atoms with Gasteiger partial charge in [0.15, 0.2) is 0 Å². The van der Waals surface area contributed by atoms with Crippen LogP contribution >= 0.6 is 0 Å². The molecule has 1 aromatic carbocycles. The lowest BCUT2D eigenvalue weighted by molar-refractivity contribution is -0.192. The van der Waals surface area contributed by atoms with Gasteiger partial charge in [0.25, 0.3) is 0 Å². The number of hydrogen-bond donors (Lipinski definition) is 2. The van der Waals surface area contributed by atoms with Crippen LogP contribution in [0.4, 0.5) is 13.2 Å². The molecule has 6 nitrogen and oxygen atoms in total. The third kappa shape index (κ3) is 6.01. The second-order valence-corrected chi connectivity index (χ2v) is 3.52. The number of hydrogen-bond acceptors (Lipinski definition) is 5. The van der Waals surface area contributed by atoms with Crippen LogP contribution in [0.2, 0.25) is 0 Å². The predicted molar refractivity (Wildman–Crippen MR) is 65.8 cm³/mol. The van der Waals surface area contributed by atoms with Gasteiger partial charge >= 0.3 is 12.1 Å². The highest BCUT2D eigenvalue weighted by atomic mass is 19.4. The molecular formula is C12H13F3N2O4. The number of aliphatic carboxylic acids is 1. The number of carbonyl (C=O) groups is 1. The molecule has 1 aromatic rings. The van der Waals surface area contributed by atoms with Gasteiger partial charge in [-0.1, -0.05) is 0 Å². The van der Waals surface area contributed by atoms with E-state index in [9.17, 15) is 13.2 Å². The Morgan fingerprint density at radius 2 is 1.90 bits per heavy atom. The maximum absolute atomic E-state index is 10.6. The first-order valence-corrected chi connectivity index (χ1v) is 5.34. The summed E-state index contributed by atoms with van der Waals surface area (Å²) >= 11 is 0. The number of nitriles is 1. The zero-order valence-corrected chi connectivity index (χ0v) is 11.1. The van der Waals surface area contributed by atoms with Gasteiger partial charge in [0, 0.05) is 11.6 Å². The van der Waals surface area contributed by atoms with Crippen LogP contribution in [0.15, 0.2) is 18.2 Å². The molecular weight excluding hydrogens is 293 g/mol. The molecule has 0 spiro atoms. The number of halogens is 3. The molecule has 1 unspecified atom stereocenters. The highest BCUT2D eigenvalue weighted by Crippen LogP contribution is 2.27. The average Bonchev–Trinajstić information content (AvgIpc) is 2.45. The van der Waals surface area contributed by atoms with Crippen molar-refractivity contribution in [3.05, 3.63) is 23.8 Å². The predicted octanol–water partition coefficient (Wildman–Crippen LogP) is 1.86. The number of carboxylic acid groups (broad SMARTS) is 1. The normalized spacial score (nSPS) is 11.5. The minimum absolute atomic E-state index is 0.568. The fourth-order valence-corrected chi connectivity index (χ4v) is 1.14. The summed E-state index contributed by atoms with van der Waals surface area (Å²) in [5, 5.41) is 15.8. The molecule has 1 atom stereocenters. The Hall–Kier alpha value is -2.47. The van der Waals surface area contributed by atoms with E-state index >= 15 is 0 Å². The Morgan fingerprint density at radius 3 is 2.24 bits per heavy atom. The third-order valence-electron chi connectivity index (χ3n) is 2.16. The summed E-state index contributed by atoms with van der Waals surface area (Å²) in [5.41, 5.74) is 6.24. The number of methoxy groups -OCH3 is 2. The van der Waals surface area contributed by atoms with E-state index in [1.54, 1.807) is 25.3 Å². The molecule has 0 radical (unpaired) electrons. The Labute approximate surface area is 118 Å². The Kier molecular flexibility index (Phi) is 7.02. The van der Waals surface area contributed by atoms with Crippen LogP contribution in [-0.2, 0) is 4.79 Å². The Balaban J connectivity index is 0.000000486. The van der Waals surface area contributed by atoms with Crippen molar-refractivity contribution in [1.29, 1.82) is 5.26 Å². The van der Waals surface area contributed by atoms with Crippen molar-refractivity contribution in [3.63, 3.8) is 0 Å². The van der Waals surface area contributed by atoms with Crippen molar-refractivity contribution >= 4 is 5.97 Å². The quantitative estimate of drug-likeness (QED) is 0.883. The second kappa shape index (κ2) is 7.96. The lowest BCUT2D eigenvalue weighted by Crippen LogP contribution is -2.21. The number of rotatable bonds is 3. The summed E-state index contributed by atoms with van der Waals surface area (Å²) < 4.78 is 41.9. The van der Waals surface area contributed by atoms with E-state index in [-0.39, 0.29) is 0 Å². The Morgan fingerprint density at radius 1 is 1.38 bits per heavy atom. The molecule has 9 heteroatoms. The van der Waals surface area contributed by atoms with E-state index in [4.69, 9.17) is 30.4 Å². The van der Waals surface area contributed by atoms with Crippen molar-refractivity contribution in [2.45, 2.75) is 12.2 Å². The molecule has 0 aromatic heterocycles. The lowest BCUT2D eigenvalue weighted by atomic mass is 10.1. The summed E-state index contributed by atoms with van der Waals surface area (Å²) in [6, 6.07) is 6.45. The van der Waals surface area contributed by atoms with Gasteiger partial charge in [-0.3, -0.25) is 0 Å². The number of carboxylic acids is 1. The molecule has 0 aliphatic heterocycles. The summed E-state index contributed by atoms with van der Waals surface area (Å²) in [5.74, 6) is -1.51. The van der Waals surface area contributed by atoms with E-state index in [2.05, 4.69) is 0 Å². The SMILES string of the molecule is COc1ccc(C(N)C#N)c(OC)c1.O=C(O)C(F)(F)F. The lowest BCUT2D eigenvalue weighted by Gasteiger charge is -2.11. The molecule has 0 fully saturated rings. The molecule has 3 N–H and O–H groups in total. The van der Waals surface area contributed by atoms with Crippen LogP contribution in [0.5, 0.6) is 11.5 Å². The second-order valence-electron chi connectivity index (χ2n) is 3.52. The third-order valence-corrected chi connectivity index (χ3v) is 2.16. The minimum Gasteiger partial charge on any atom is -0.497 e. The van der Waals surface area contributed by atoms with Crippen molar-refractivity contribution in [1.82, 2.24) is 0 Å². The van der Waals surface area contributed by atoms with Gasteiger partial charge in [0.1, 0.15) is 17.5 Å². The van der Waals surface area contributed by atoms with Crippen molar-refractivity contribution in [2.75, 3.05) is 14.2 Å². The average molecular weight is 306 g/mol. The topological polar surface area (TPSA) is 106 Å². The molecule has 0 aliphatic carbocycles. The summed E-state index contributed by atoms with van der Waals surface area (Å²) in [6.07, 6.45) is -5.08. The highest BCUT2D eigenvalue weighted by molar-refractivity contribution is 5.73. The molecule has 0 amide bonds. The first-order valence-electron chi connectivity index (χ1n) is 5.34. The van der Waals surface area contributed by atoms with Crippen molar-refractivity contribution < 1.29 is 32.5 Å². The maximum atomic E-state index is 10.6. The molecule has 116 valence electrons. The monoisotopic (exact) mass is 306 g/mol. The van der Waals surface area contributed by atoms with Gasteiger partial charge in [-0.05, 0) is 12.1 Å². The fraction of sp³-hybridized carbons (Fsp3) is 0.333. The Bertz CT molecular complexity index is 526. The molecule has 0 saturated heterocycles. The number of nitrogens with two attached hydrogens (primary N) is 1. The molecule has 1 rings (SSSR count). The van der Waals surface area contributed by atoms with Crippen LogP contribution in [-0.4, -0.2) is 31.5 Å². The van der Waals surface area contributed by atoms with Gasteiger partial charge in [0.2, 0.25) is 0 Å².